The summed E-state index contributed by atoms with van der Waals surface area (Å²) in [5.41, 5.74) is -0.767. The summed E-state index contributed by atoms with van der Waals surface area (Å²) < 4.78 is 11.7. The first-order chi connectivity index (χ1) is 12.2. The van der Waals surface area contributed by atoms with Gasteiger partial charge in [0.15, 0.2) is 11.2 Å². The SMILES string of the molecule is COC(=O)[C@]1(c2ccc3c(ccn3C(=O)OC(C)(C)C)c2)CC=CC1=O. The molecule has 0 amide bonds. The van der Waals surface area contributed by atoms with Gasteiger partial charge in [-0.3, -0.25) is 14.2 Å². The number of benzene rings is 1. The first-order valence-corrected chi connectivity index (χ1v) is 8.33. The van der Waals surface area contributed by atoms with Gasteiger partial charge >= 0.3 is 12.1 Å². The van der Waals surface area contributed by atoms with Crippen LogP contribution in [0.2, 0.25) is 0 Å². The third-order valence-electron chi connectivity index (χ3n) is 4.42. The van der Waals surface area contributed by atoms with Crippen LogP contribution >= 0.6 is 0 Å². The second-order valence-corrected chi connectivity index (χ2v) is 7.31. The summed E-state index contributed by atoms with van der Waals surface area (Å²) in [6, 6.07) is 6.90. The molecule has 0 radical (unpaired) electrons. The molecular formula is C20H21NO5. The Hall–Kier alpha value is -2.89. The molecule has 1 heterocycles. The number of fused-ring (bicyclic) bond motifs is 1. The topological polar surface area (TPSA) is 74.6 Å². The minimum Gasteiger partial charge on any atom is -0.468 e. The van der Waals surface area contributed by atoms with Crippen LogP contribution in [0.5, 0.6) is 0 Å². The van der Waals surface area contributed by atoms with E-state index in [0.29, 0.717) is 11.1 Å². The van der Waals surface area contributed by atoms with Gasteiger partial charge in [0, 0.05) is 11.6 Å². The van der Waals surface area contributed by atoms with Gasteiger partial charge in [0.1, 0.15) is 5.60 Å². The monoisotopic (exact) mass is 355 g/mol. The molecule has 0 saturated heterocycles. The van der Waals surface area contributed by atoms with E-state index in [1.807, 2.05) is 0 Å². The Balaban J connectivity index is 2.05. The molecule has 6 nitrogen and oxygen atoms in total. The van der Waals surface area contributed by atoms with Crippen LogP contribution in [0, 0.1) is 0 Å². The van der Waals surface area contributed by atoms with E-state index in [2.05, 4.69) is 0 Å². The second kappa shape index (κ2) is 6.12. The lowest BCUT2D eigenvalue weighted by Crippen LogP contribution is -2.41. The van der Waals surface area contributed by atoms with Crippen molar-refractivity contribution in [2.45, 2.75) is 38.2 Å². The summed E-state index contributed by atoms with van der Waals surface area (Å²) >= 11 is 0. The highest BCUT2D eigenvalue weighted by Gasteiger charge is 2.49. The minimum absolute atomic E-state index is 0.261. The number of ketones is 1. The van der Waals surface area contributed by atoms with Crippen molar-refractivity contribution in [2.75, 3.05) is 7.11 Å². The van der Waals surface area contributed by atoms with E-state index in [4.69, 9.17) is 9.47 Å². The van der Waals surface area contributed by atoms with Crippen molar-refractivity contribution >= 4 is 28.7 Å². The molecule has 0 fully saturated rings. The number of esters is 1. The van der Waals surface area contributed by atoms with Gasteiger partial charge < -0.3 is 9.47 Å². The number of allylic oxidation sites excluding steroid dienone is 2. The van der Waals surface area contributed by atoms with Gasteiger partial charge in [0.25, 0.3) is 0 Å². The lowest BCUT2D eigenvalue weighted by Gasteiger charge is -2.25. The third kappa shape index (κ3) is 2.81. The van der Waals surface area contributed by atoms with Gasteiger partial charge in [-0.25, -0.2) is 4.79 Å². The smallest absolute Gasteiger partial charge is 0.418 e. The normalized spacial score (nSPS) is 19.8. The fourth-order valence-corrected chi connectivity index (χ4v) is 3.20. The van der Waals surface area contributed by atoms with Crippen LogP contribution in [0.15, 0.2) is 42.6 Å². The van der Waals surface area contributed by atoms with Crippen molar-refractivity contribution in [2.24, 2.45) is 0 Å². The van der Waals surface area contributed by atoms with E-state index in [1.54, 1.807) is 57.3 Å². The van der Waals surface area contributed by atoms with Crippen molar-refractivity contribution in [1.82, 2.24) is 4.57 Å². The Kier molecular flexibility index (Phi) is 4.22. The van der Waals surface area contributed by atoms with Crippen molar-refractivity contribution in [1.29, 1.82) is 0 Å². The summed E-state index contributed by atoms with van der Waals surface area (Å²) in [7, 11) is 1.27. The molecule has 0 aliphatic heterocycles. The number of methoxy groups -OCH3 is 1. The molecule has 0 spiro atoms. The van der Waals surface area contributed by atoms with Gasteiger partial charge in [-0.05, 0) is 57.0 Å². The van der Waals surface area contributed by atoms with Crippen LogP contribution in [-0.4, -0.2) is 35.1 Å². The Bertz CT molecular complexity index is 931. The zero-order valence-electron chi connectivity index (χ0n) is 15.2. The average molecular weight is 355 g/mol. The predicted molar refractivity (Wildman–Crippen MR) is 96.0 cm³/mol. The predicted octanol–water partition coefficient (Wildman–Crippen LogP) is 3.36. The third-order valence-corrected chi connectivity index (χ3v) is 4.42. The molecule has 1 aliphatic carbocycles. The molecular weight excluding hydrogens is 334 g/mol. The van der Waals surface area contributed by atoms with Crippen molar-refractivity contribution in [3.8, 4) is 0 Å². The Morgan fingerprint density at radius 3 is 2.50 bits per heavy atom. The standard InChI is InChI=1S/C20H21NO5/c1-19(2,3)26-18(24)21-11-9-13-12-14(7-8-15(13)21)20(17(23)25-4)10-5-6-16(20)22/h5-9,11-12H,10H2,1-4H3/t20-/m0/s1. The number of carbonyl (C=O) groups is 3. The molecule has 26 heavy (non-hydrogen) atoms. The van der Waals surface area contributed by atoms with E-state index in [1.165, 1.54) is 17.8 Å². The summed E-state index contributed by atoms with van der Waals surface area (Å²) in [6.07, 6.45) is 4.47. The highest BCUT2D eigenvalue weighted by molar-refractivity contribution is 6.16. The number of hydrogen-bond acceptors (Lipinski definition) is 5. The van der Waals surface area contributed by atoms with Gasteiger partial charge in [-0.1, -0.05) is 12.1 Å². The Morgan fingerprint density at radius 2 is 1.92 bits per heavy atom. The van der Waals surface area contributed by atoms with Crippen molar-refractivity contribution in [3.63, 3.8) is 0 Å². The fourth-order valence-electron chi connectivity index (χ4n) is 3.20. The number of rotatable bonds is 2. The van der Waals surface area contributed by atoms with Crippen LogP contribution in [0.1, 0.15) is 32.8 Å². The average Bonchev–Trinajstić information content (AvgIpc) is 3.16. The summed E-state index contributed by atoms with van der Waals surface area (Å²) in [5, 5.41) is 0.733. The first-order valence-electron chi connectivity index (χ1n) is 8.33. The summed E-state index contributed by atoms with van der Waals surface area (Å²) in [6.45, 7) is 5.40. The largest absolute Gasteiger partial charge is 0.468 e. The molecule has 1 atom stereocenters. The first kappa shape index (κ1) is 17.9. The second-order valence-electron chi connectivity index (χ2n) is 7.31. The summed E-state index contributed by atoms with van der Waals surface area (Å²) in [4.78, 5) is 37.2. The van der Waals surface area contributed by atoms with Crippen LogP contribution in [0.3, 0.4) is 0 Å². The molecule has 1 aromatic carbocycles. The quantitative estimate of drug-likeness (QED) is 0.610. The molecule has 1 aromatic heterocycles. The molecule has 136 valence electrons. The Morgan fingerprint density at radius 1 is 1.19 bits per heavy atom. The maximum absolute atomic E-state index is 12.4. The van der Waals surface area contributed by atoms with Crippen LogP contribution in [0.25, 0.3) is 10.9 Å². The van der Waals surface area contributed by atoms with Crippen LogP contribution in [0.4, 0.5) is 4.79 Å². The lowest BCUT2D eigenvalue weighted by atomic mass is 9.77. The van der Waals surface area contributed by atoms with E-state index < -0.39 is 23.1 Å². The van der Waals surface area contributed by atoms with E-state index in [9.17, 15) is 14.4 Å². The molecule has 0 bridgehead atoms. The molecule has 6 heteroatoms. The zero-order valence-corrected chi connectivity index (χ0v) is 15.2. The minimum atomic E-state index is -1.35. The number of carbonyl (C=O) groups excluding carboxylic acids is 3. The highest BCUT2D eigenvalue weighted by atomic mass is 16.6. The molecule has 0 N–H and O–H groups in total. The van der Waals surface area contributed by atoms with Crippen LogP contribution < -0.4 is 0 Å². The molecule has 1 aliphatic rings. The van der Waals surface area contributed by atoms with E-state index in [0.717, 1.165) is 5.39 Å². The zero-order chi connectivity index (χ0) is 19.1. The van der Waals surface area contributed by atoms with Crippen molar-refractivity contribution < 1.29 is 23.9 Å². The van der Waals surface area contributed by atoms with E-state index in [-0.39, 0.29) is 12.2 Å². The van der Waals surface area contributed by atoms with Gasteiger partial charge in [-0.15, -0.1) is 0 Å². The molecule has 0 saturated carbocycles. The number of hydrogen-bond donors (Lipinski definition) is 0. The lowest BCUT2D eigenvalue weighted by molar-refractivity contribution is -0.150. The summed E-state index contributed by atoms with van der Waals surface area (Å²) in [5.74, 6) is -0.881. The van der Waals surface area contributed by atoms with Gasteiger partial charge in [-0.2, -0.15) is 0 Å². The van der Waals surface area contributed by atoms with Gasteiger partial charge in [0.05, 0.1) is 12.6 Å². The van der Waals surface area contributed by atoms with Gasteiger partial charge in [0.2, 0.25) is 0 Å². The molecule has 2 aromatic rings. The number of ether oxygens (including phenoxy) is 2. The molecule has 0 unspecified atom stereocenters. The number of aromatic nitrogens is 1. The van der Waals surface area contributed by atoms with Crippen molar-refractivity contribution in [3.05, 3.63) is 48.2 Å². The van der Waals surface area contributed by atoms with E-state index >= 15 is 0 Å². The van der Waals surface area contributed by atoms with Crippen LogP contribution in [-0.2, 0) is 24.5 Å². The Labute approximate surface area is 151 Å². The maximum Gasteiger partial charge on any atom is 0.418 e. The highest BCUT2D eigenvalue weighted by Crippen LogP contribution is 2.37. The maximum atomic E-state index is 12.4. The fraction of sp³-hybridized carbons (Fsp3) is 0.350. The molecule has 3 rings (SSSR count). The number of nitrogens with zero attached hydrogens (tertiary/aromatic N) is 1.